The van der Waals surface area contributed by atoms with Gasteiger partial charge in [0, 0.05) is 33.6 Å². The van der Waals surface area contributed by atoms with E-state index < -0.39 is 0 Å². The lowest BCUT2D eigenvalue weighted by Gasteiger charge is -1.96. The zero-order valence-electron chi connectivity index (χ0n) is 11.1. The van der Waals surface area contributed by atoms with E-state index >= 15 is 0 Å². The highest BCUT2D eigenvalue weighted by Crippen LogP contribution is 2.33. The number of aromatic nitrogens is 2. The Morgan fingerprint density at radius 2 is 1.81 bits per heavy atom. The molecule has 0 amide bonds. The minimum atomic E-state index is 0.271. The van der Waals surface area contributed by atoms with Gasteiger partial charge in [0.15, 0.2) is 0 Å². The summed E-state index contributed by atoms with van der Waals surface area (Å²) in [5.74, 6) is 0.271. The molecule has 0 fully saturated rings. The van der Waals surface area contributed by atoms with Crippen LogP contribution in [0.5, 0.6) is 5.75 Å². The monoisotopic (exact) mass is 292 g/mol. The maximum Gasteiger partial charge on any atom is 0.124 e. The van der Waals surface area contributed by atoms with Crippen molar-refractivity contribution in [3.63, 3.8) is 0 Å². The molecule has 0 aliphatic rings. The minimum absolute atomic E-state index is 0.271. The predicted octanol–water partition coefficient (Wildman–Crippen LogP) is 4.66. The first-order chi connectivity index (χ1) is 10.3. The number of benzene rings is 2. The van der Waals surface area contributed by atoms with Gasteiger partial charge in [0.1, 0.15) is 10.8 Å². The SMILES string of the molecule is Oc1ccc(-c2nc(-c3c[nH]c4ccccc34)cs2)cc1. The van der Waals surface area contributed by atoms with Crippen molar-refractivity contribution in [3.05, 3.63) is 60.1 Å². The molecule has 0 atom stereocenters. The van der Waals surface area contributed by atoms with E-state index in [-0.39, 0.29) is 5.75 Å². The molecule has 0 bridgehead atoms. The second-order valence-corrected chi connectivity index (χ2v) is 5.69. The van der Waals surface area contributed by atoms with Crippen molar-refractivity contribution in [3.8, 4) is 27.6 Å². The Labute approximate surface area is 125 Å². The molecule has 0 radical (unpaired) electrons. The van der Waals surface area contributed by atoms with Gasteiger partial charge in [-0.2, -0.15) is 0 Å². The normalized spacial score (nSPS) is 11.0. The molecule has 0 aliphatic heterocycles. The highest BCUT2D eigenvalue weighted by molar-refractivity contribution is 7.13. The fraction of sp³-hybridized carbons (Fsp3) is 0. The van der Waals surface area contributed by atoms with Crippen molar-refractivity contribution in [2.45, 2.75) is 0 Å². The summed E-state index contributed by atoms with van der Waals surface area (Å²) in [6, 6.07) is 15.3. The Kier molecular flexibility index (Phi) is 2.75. The van der Waals surface area contributed by atoms with Crippen LogP contribution in [0.15, 0.2) is 60.1 Å². The van der Waals surface area contributed by atoms with Crippen molar-refractivity contribution in [1.82, 2.24) is 9.97 Å². The van der Waals surface area contributed by atoms with Crippen LogP contribution in [-0.2, 0) is 0 Å². The summed E-state index contributed by atoms with van der Waals surface area (Å²) in [6.07, 6.45) is 2.00. The molecule has 0 aliphatic carbocycles. The van der Waals surface area contributed by atoms with E-state index in [9.17, 15) is 5.11 Å². The van der Waals surface area contributed by atoms with Crippen molar-refractivity contribution < 1.29 is 5.11 Å². The number of aromatic hydroxyl groups is 1. The number of phenols is 1. The summed E-state index contributed by atoms with van der Waals surface area (Å²) in [5, 5.41) is 13.6. The van der Waals surface area contributed by atoms with E-state index in [1.165, 1.54) is 5.39 Å². The third kappa shape index (κ3) is 2.10. The van der Waals surface area contributed by atoms with Crippen LogP contribution in [0.25, 0.3) is 32.7 Å². The summed E-state index contributed by atoms with van der Waals surface area (Å²) in [7, 11) is 0. The van der Waals surface area contributed by atoms with Gasteiger partial charge in [-0.25, -0.2) is 4.98 Å². The van der Waals surface area contributed by atoms with Crippen LogP contribution in [0.2, 0.25) is 0 Å². The van der Waals surface area contributed by atoms with Gasteiger partial charge in [-0.1, -0.05) is 18.2 Å². The Hall–Kier alpha value is -2.59. The lowest BCUT2D eigenvalue weighted by molar-refractivity contribution is 0.475. The third-order valence-electron chi connectivity index (χ3n) is 3.48. The Bertz CT molecular complexity index is 906. The van der Waals surface area contributed by atoms with Crippen LogP contribution in [0.1, 0.15) is 0 Å². The maximum absolute atomic E-state index is 9.36. The van der Waals surface area contributed by atoms with Gasteiger partial charge in [-0.15, -0.1) is 11.3 Å². The molecule has 0 unspecified atom stereocenters. The molecule has 0 spiro atoms. The molecule has 4 heteroatoms. The highest BCUT2D eigenvalue weighted by Gasteiger charge is 2.10. The van der Waals surface area contributed by atoms with E-state index in [2.05, 4.69) is 22.5 Å². The summed E-state index contributed by atoms with van der Waals surface area (Å²) < 4.78 is 0. The Balaban J connectivity index is 1.79. The zero-order valence-corrected chi connectivity index (χ0v) is 11.9. The molecule has 2 aromatic carbocycles. The van der Waals surface area contributed by atoms with Crippen LogP contribution in [0, 0.1) is 0 Å². The molecule has 4 rings (SSSR count). The Morgan fingerprint density at radius 3 is 2.67 bits per heavy atom. The standard InChI is InChI=1S/C17H12N2OS/c20-12-7-5-11(6-8-12)17-19-16(10-21-17)14-9-18-15-4-2-1-3-13(14)15/h1-10,18,20H. The molecule has 2 aromatic heterocycles. The van der Waals surface area contributed by atoms with E-state index in [4.69, 9.17) is 4.98 Å². The van der Waals surface area contributed by atoms with Crippen molar-refractivity contribution in [2.75, 3.05) is 0 Å². The lowest BCUT2D eigenvalue weighted by Crippen LogP contribution is -1.78. The quantitative estimate of drug-likeness (QED) is 0.564. The maximum atomic E-state index is 9.36. The van der Waals surface area contributed by atoms with Crippen LogP contribution in [-0.4, -0.2) is 15.1 Å². The number of rotatable bonds is 2. The van der Waals surface area contributed by atoms with Gasteiger partial charge in [-0.05, 0) is 30.3 Å². The fourth-order valence-electron chi connectivity index (χ4n) is 2.42. The smallest absolute Gasteiger partial charge is 0.124 e. The van der Waals surface area contributed by atoms with Crippen molar-refractivity contribution in [1.29, 1.82) is 0 Å². The number of aromatic amines is 1. The van der Waals surface area contributed by atoms with Crippen LogP contribution >= 0.6 is 11.3 Å². The molecule has 2 heterocycles. The molecule has 0 saturated heterocycles. The average molecular weight is 292 g/mol. The predicted molar refractivity (Wildman–Crippen MR) is 86.5 cm³/mol. The van der Waals surface area contributed by atoms with Gasteiger partial charge in [0.25, 0.3) is 0 Å². The van der Waals surface area contributed by atoms with Gasteiger partial charge < -0.3 is 10.1 Å². The highest BCUT2D eigenvalue weighted by atomic mass is 32.1. The van der Waals surface area contributed by atoms with Crippen LogP contribution in [0.4, 0.5) is 0 Å². The molecule has 21 heavy (non-hydrogen) atoms. The summed E-state index contributed by atoms with van der Waals surface area (Å²) >= 11 is 1.61. The largest absolute Gasteiger partial charge is 0.508 e. The number of H-pyrrole nitrogens is 1. The first kappa shape index (κ1) is 12.2. The number of nitrogens with one attached hydrogen (secondary N) is 1. The summed E-state index contributed by atoms with van der Waals surface area (Å²) in [5.41, 5.74) is 4.22. The number of para-hydroxylation sites is 1. The molecule has 2 N–H and O–H groups in total. The van der Waals surface area contributed by atoms with E-state index in [1.54, 1.807) is 23.5 Å². The molecule has 3 nitrogen and oxygen atoms in total. The lowest BCUT2D eigenvalue weighted by atomic mass is 10.1. The topological polar surface area (TPSA) is 48.9 Å². The molecule has 0 saturated carbocycles. The minimum Gasteiger partial charge on any atom is -0.508 e. The zero-order chi connectivity index (χ0) is 14.2. The number of fused-ring (bicyclic) bond motifs is 1. The third-order valence-corrected chi connectivity index (χ3v) is 4.37. The first-order valence-corrected chi connectivity index (χ1v) is 7.51. The van der Waals surface area contributed by atoms with Crippen molar-refractivity contribution >= 4 is 22.2 Å². The van der Waals surface area contributed by atoms with Gasteiger partial charge in [-0.3, -0.25) is 0 Å². The molecule has 4 aromatic rings. The fourth-order valence-corrected chi connectivity index (χ4v) is 3.24. The van der Waals surface area contributed by atoms with Crippen LogP contribution in [0.3, 0.4) is 0 Å². The molecular formula is C17H12N2OS. The van der Waals surface area contributed by atoms with E-state index in [0.717, 1.165) is 27.3 Å². The number of hydrogen-bond acceptors (Lipinski definition) is 3. The van der Waals surface area contributed by atoms with Gasteiger partial charge in [0.05, 0.1) is 5.69 Å². The summed E-state index contributed by atoms with van der Waals surface area (Å²) in [6.45, 7) is 0. The van der Waals surface area contributed by atoms with Crippen molar-refractivity contribution in [2.24, 2.45) is 0 Å². The second kappa shape index (κ2) is 4.75. The molecular weight excluding hydrogens is 280 g/mol. The molecule has 102 valence electrons. The number of thiazole rings is 1. The first-order valence-electron chi connectivity index (χ1n) is 6.63. The number of phenolic OH excluding ortho intramolecular Hbond substituents is 1. The van der Waals surface area contributed by atoms with Gasteiger partial charge in [0.2, 0.25) is 0 Å². The number of hydrogen-bond donors (Lipinski definition) is 2. The van der Waals surface area contributed by atoms with E-state index in [0.29, 0.717) is 0 Å². The van der Waals surface area contributed by atoms with E-state index in [1.807, 2.05) is 30.5 Å². The number of nitrogens with zero attached hydrogens (tertiary/aromatic N) is 1. The Morgan fingerprint density at radius 1 is 1.00 bits per heavy atom. The van der Waals surface area contributed by atoms with Crippen LogP contribution < -0.4 is 0 Å². The second-order valence-electron chi connectivity index (χ2n) is 4.83. The van der Waals surface area contributed by atoms with Gasteiger partial charge >= 0.3 is 0 Å². The average Bonchev–Trinajstić information content (AvgIpc) is 3.14. The summed E-state index contributed by atoms with van der Waals surface area (Å²) in [4.78, 5) is 7.99.